The summed E-state index contributed by atoms with van der Waals surface area (Å²) < 4.78 is 16.9. The van der Waals surface area contributed by atoms with Crippen molar-refractivity contribution in [1.29, 1.82) is 0 Å². The molecule has 1 atom stereocenters. The molecule has 79 heavy (non-hydrogen) atoms. The number of carbonyl (C=O) groups excluding carboxylic acids is 3. The van der Waals surface area contributed by atoms with Crippen molar-refractivity contribution in [3.8, 4) is 0 Å². The van der Waals surface area contributed by atoms with Crippen LogP contribution in [0.1, 0.15) is 329 Å². The topological polar surface area (TPSA) is 78.9 Å². The lowest BCUT2D eigenvalue weighted by Gasteiger charge is -2.18. The molecule has 0 aliphatic rings. The van der Waals surface area contributed by atoms with Gasteiger partial charge in [0.2, 0.25) is 0 Å². The van der Waals surface area contributed by atoms with Crippen LogP contribution in [0.15, 0.2) is 97.2 Å². The van der Waals surface area contributed by atoms with E-state index in [-0.39, 0.29) is 37.5 Å². The molecule has 0 aliphatic heterocycles. The van der Waals surface area contributed by atoms with Crippen molar-refractivity contribution >= 4 is 17.9 Å². The molecule has 0 rings (SSSR count). The van der Waals surface area contributed by atoms with E-state index in [1.165, 1.54) is 173 Å². The van der Waals surface area contributed by atoms with Crippen molar-refractivity contribution in [2.24, 2.45) is 0 Å². The molecule has 0 aliphatic carbocycles. The molecular weight excluding hydrogens is 973 g/mol. The van der Waals surface area contributed by atoms with Gasteiger partial charge in [-0.3, -0.25) is 14.4 Å². The molecule has 0 aromatic rings. The lowest BCUT2D eigenvalue weighted by molar-refractivity contribution is -0.167. The fraction of sp³-hybridized carbons (Fsp3) is 0.740. The van der Waals surface area contributed by atoms with E-state index in [0.29, 0.717) is 12.8 Å². The van der Waals surface area contributed by atoms with Crippen LogP contribution in [0, 0.1) is 0 Å². The Hall–Kier alpha value is -3.67. The number of hydrogen-bond donors (Lipinski definition) is 0. The minimum atomic E-state index is -0.802. The molecule has 0 radical (unpaired) electrons. The third-order valence-electron chi connectivity index (χ3n) is 14.6. The normalized spacial score (nSPS) is 12.7. The van der Waals surface area contributed by atoms with Gasteiger partial charge >= 0.3 is 17.9 Å². The highest BCUT2D eigenvalue weighted by molar-refractivity contribution is 5.71. The Morgan fingerprint density at radius 3 is 0.810 bits per heavy atom. The van der Waals surface area contributed by atoms with Crippen molar-refractivity contribution in [2.45, 2.75) is 335 Å². The van der Waals surface area contributed by atoms with Gasteiger partial charge in [0.15, 0.2) is 6.10 Å². The van der Waals surface area contributed by atoms with E-state index in [1.807, 2.05) is 0 Å². The predicted octanol–water partition coefficient (Wildman–Crippen LogP) is 23.2. The fourth-order valence-corrected chi connectivity index (χ4v) is 9.54. The summed E-state index contributed by atoms with van der Waals surface area (Å²) in [6.07, 6.45) is 89.9. The standard InChI is InChI=1S/C73H126O6/c1-4-7-10-13-16-19-22-25-28-31-34-35-36-37-40-42-45-48-51-54-57-60-63-66-72(75)78-69-70(79-73(76)67-64-61-58-55-52-49-46-43-39-33-30-27-24-21-18-15-12-9-6-3)68-77-71(74)65-62-59-56-53-50-47-44-41-38-32-29-26-23-20-17-14-11-8-5-2/h9,12,17-18,20-21,26-27,29-30,38-39,41,43,49,52,70H,4-8,10-11,13-16,19,22-25,28,31-37,40,42,44-48,50-51,53-69H2,1-3H3/b12-9-,20-17-,21-18-,29-26-,30-27-,41-38-,43-39-,52-49-. The van der Waals surface area contributed by atoms with Crippen LogP contribution in [0.5, 0.6) is 0 Å². The molecular formula is C73H126O6. The molecule has 0 N–H and O–H groups in total. The van der Waals surface area contributed by atoms with Crippen LogP contribution in [0.3, 0.4) is 0 Å². The van der Waals surface area contributed by atoms with Gasteiger partial charge < -0.3 is 14.2 Å². The summed E-state index contributed by atoms with van der Waals surface area (Å²) in [7, 11) is 0. The van der Waals surface area contributed by atoms with Gasteiger partial charge in [0.25, 0.3) is 0 Å². The molecule has 0 aromatic heterocycles. The van der Waals surface area contributed by atoms with Gasteiger partial charge in [0.05, 0.1) is 0 Å². The summed E-state index contributed by atoms with van der Waals surface area (Å²) in [6.45, 7) is 6.50. The van der Waals surface area contributed by atoms with E-state index in [9.17, 15) is 14.4 Å². The van der Waals surface area contributed by atoms with Crippen molar-refractivity contribution in [1.82, 2.24) is 0 Å². The van der Waals surface area contributed by atoms with Crippen molar-refractivity contribution in [3.63, 3.8) is 0 Å². The molecule has 0 amide bonds. The molecule has 1 unspecified atom stereocenters. The van der Waals surface area contributed by atoms with Crippen LogP contribution < -0.4 is 0 Å². The first kappa shape index (κ1) is 75.3. The van der Waals surface area contributed by atoms with Crippen LogP contribution in [-0.2, 0) is 28.6 Å². The van der Waals surface area contributed by atoms with Gasteiger partial charge in [-0.1, -0.05) is 304 Å². The molecule has 0 heterocycles. The molecule has 0 bridgehead atoms. The second-order valence-corrected chi connectivity index (χ2v) is 22.4. The minimum Gasteiger partial charge on any atom is -0.462 e. The van der Waals surface area contributed by atoms with Crippen molar-refractivity contribution < 1.29 is 28.6 Å². The van der Waals surface area contributed by atoms with Gasteiger partial charge in [-0.05, 0) is 103 Å². The van der Waals surface area contributed by atoms with Crippen LogP contribution in [0.2, 0.25) is 0 Å². The SMILES string of the molecule is CC/C=C\C/C=C\C/C=C\C/C=C\C/C=C\CCCCCC(=O)OC(COC(=O)CCCCCCCC/C=C\C/C=C\C/C=C\CCCCC)COC(=O)CCCCCCCCCCCCCCCCCCCCCCCCC. The van der Waals surface area contributed by atoms with E-state index in [1.54, 1.807) is 0 Å². The van der Waals surface area contributed by atoms with Crippen LogP contribution in [-0.4, -0.2) is 37.2 Å². The van der Waals surface area contributed by atoms with E-state index >= 15 is 0 Å². The monoisotopic (exact) mass is 1100 g/mol. The maximum absolute atomic E-state index is 12.9. The maximum atomic E-state index is 12.9. The highest BCUT2D eigenvalue weighted by atomic mass is 16.6. The van der Waals surface area contributed by atoms with E-state index in [2.05, 4.69) is 118 Å². The van der Waals surface area contributed by atoms with Crippen LogP contribution in [0.25, 0.3) is 0 Å². The summed E-state index contributed by atoms with van der Waals surface area (Å²) >= 11 is 0. The molecule has 0 fully saturated rings. The first-order valence-corrected chi connectivity index (χ1v) is 33.7. The van der Waals surface area contributed by atoms with E-state index in [4.69, 9.17) is 14.2 Å². The first-order valence-electron chi connectivity index (χ1n) is 33.7. The number of unbranched alkanes of at least 4 members (excludes halogenated alkanes) is 34. The van der Waals surface area contributed by atoms with Crippen molar-refractivity contribution in [3.05, 3.63) is 97.2 Å². The first-order chi connectivity index (χ1) is 39.0. The molecule has 0 spiro atoms. The zero-order valence-electron chi connectivity index (χ0n) is 52.1. The molecule has 454 valence electrons. The lowest BCUT2D eigenvalue weighted by atomic mass is 10.0. The predicted molar refractivity (Wildman–Crippen MR) is 344 cm³/mol. The van der Waals surface area contributed by atoms with Gasteiger partial charge in [0, 0.05) is 19.3 Å². The minimum absolute atomic E-state index is 0.0932. The highest BCUT2D eigenvalue weighted by Crippen LogP contribution is 2.17. The molecule has 6 nitrogen and oxygen atoms in total. The highest BCUT2D eigenvalue weighted by Gasteiger charge is 2.19. The van der Waals surface area contributed by atoms with E-state index < -0.39 is 6.10 Å². The molecule has 0 aromatic carbocycles. The number of carbonyl (C=O) groups is 3. The number of rotatable bonds is 61. The lowest BCUT2D eigenvalue weighted by Crippen LogP contribution is -2.30. The zero-order valence-corrected chi connectivity index (χ0v) is 52.1. The average molecular weight is 1100 g/mol. The van der Waals surface area contributed by atoms with Gasteiger partial charge in [-0.15, -0.1) is 0 Å². The summed E-state index contributed by atoms with van der Waals surface area (Å²) in [6, 6.07) is 0. The number of ether oxygens (including phenoxy) is 3. The zero-order chi connectivity index (χ0) is 57.1. The smallest absolute Gasteiger partial charge is 0.306 e. The second kappa shape index (κ2) is 66.8. The van der Waals surface area contributed by atoms with Crippen LogP contribution in [0.4, 0.5) is 0 Å². The fourth-order valence-electron chi connectivity index (χ4n) is 9.54. The Bertz CT molecular complexity index is 1540. The van der Waals surface area contributed by atoms with E-state index in [0.717, 1.165) is 116 Å². The molecule has 0 saturated carbocycles. The average Bonchev–Trinajstić information content (AvgIpc) is 3.45. The third-order valence-corrected chi connectivity index (χ3v) is 14.6. The summed E-state index contributed by atoms with van der Waals surface area (Å²) in [5, 5.41) is 0. The second-order valence-electron chi connectivity index (χ2n) is 22.4. The van der Waals surface area contributed by atoms with Gasteiger partial charge in [-0.25, -0.2) is 0 Å². The van der Waals surface area contributed by atoms with Gasteiger partial charge in [-0.2, -0.15) is 0 Å². The third kappa shape index (κ3) is 65.0. The summed E-state index contributed by atoms with van der Waals surface area (Å²) in [5.41, 5.74) is 0. The number of esters is 3. The van der Waals surface area contributed by atoms with Crippen molar-refractivity contribution in [2.75, 3.05) is 13.2 Å². The summed E-state index contributed by atoms with van der Waals surface area (Å²) in [5.74, 6) is -0.925. The Kier molecular flexibility index (Phi) is 63.7. The Balaban J connectivity index is 4.42. The largest absolute Gasteiger partial charge is 0.462 e. The van der Waals surface area contributed by atoms with Crippen LogP contribution >= 0.6 is 0 Å². The number of allylic oxidation sites excluding steroid dienone is 16. The quantitative estimate of drug-likeness (QED) is 0.0261. The maximum Gasteiger partial charge on any atom is 0.306 e. The summed E-state index contributed by atoms with van der Waals surface area (Å²) in [4.78, 5) is 38.4. The van der Waals surface area contributed by atoms with Gasteiger partial charge in [0.1, 0.15) is 13.2 Å². The number of hydrogen-bond acceptors (Lipinski definition) is 6. The molecule has 0 saturated heterocycles. The Labute approximate surface area is 489 Å². The Morgan fingerprint density at radius 1 is 0.266 bits per heavy atom. The Morgan fingerprint density at radius 2 is 0.494 bits per heavy atom. The molecule has 6 heteroatoms.